The summed E-state index contributed by atoms with van der Waals surface area (Å²) < 4.78 is 13.3. The standard InChI is InChI=1S/C17H19ClFN/c1-11(2)20-10-13-4-5-14(18)9-17(13)16-7-6-15(19)8-12(16)3/h4-9,11,20H,10H2,1-3H3. The maximum absolute atomic E-state index is 13.3. The van der Waals surface area contributed by atoms with Crippen LogP contribution in [0.1, 0.15) is 25.0 Å². The van der Waals surface area contributed by atoms with Crippen molar-refractivity contribution in [1.82, 2.24) is 5.32 Å². The van der Waals surface area contributed by atoms with E-state index < -0.39 is 0 Å². The van der Waals surface area contributed by atoms with Crippen LogP contribution in [-0.4, -0.2) is 6.04 Å². The van der Waals surface area contributed by atoms with E-state index in [1.54, 1.807) is 6.07 Å². The fourth-order valence-corrected chi connectivity index (χ4v) is 2.37. The quantitative estimate of drug-likeness (QED) is 0.840. The number of hydrogen-bond donors (Lipinski definition) is 1. The highest BCUT2D eigenvalue weighted by Crippen LogP contribution is 2.30. The Bertz CT molecular complexity index is 608. The van der Waals surface area contributed by atoms with Crippen LogP contribution in [0.15, 0.2) is 36.4 Å². The summed E-state index contributed by atoms with van der Waals surface area (Å²) in [6, 6.07) is 11.1. The first-order valence-corrected chi connectivity index (χ1v) is 7.13. The van der Waals surface area contributed by atoms with Crippen molar-refractivity contribution in [3.05, 3.63) is 58.4 Å². The SMILES string of the molecule is Cc1cc(F)ccc1-c1cc(Cl)ccc1CNC(C)C. The molecule has 2 rings (SSSR count). The smallest absolute Gasteiger partial charge is 0.123 e. The molecule has 3 heteroatoms. The Kier molecular flexibility index (Phi) is 4.79. The molecule has 0 fully saturated rings. The van der Waals surface area contributed by atoms with Gasteiger partial charge in [-0.15, -0.1) is 0 Å². The van der Waals surface area contributed by atoms with Crippen LogP contribution >= 0.6 is 11.6 Å². The lowest BCUT2D eigenvalue weighted by Crippen LogP contribution is -2.22. The number of benzene rings is 2. The van der Waals surface area contributed by atoms with Crippen molar-refractivity contribution in [2.45, 2.75) is 33.4 Å². The first-order chi connectivity index (χ1) is 9.47. The highest BCUT2D eigenvalue weighted by atomic mass is 35.5. The molecule has 1 N–H and O–H groups in total. The van der Waals surface area contributed by atoms with E-state index in [1.807, 2.05) is 31.2 Å². The van der Waals surface area contributed by atoms with Gasteiger partial charge in [0.25, 0.3) is 0 Å². The van der Waals surface area contributed by atoms with Gasteiger partial charge in [-0.25, -0.2) is 4.39 Å². The van der Waals surface area contributed by atoms with Gasteiger partial charge in [0, 0.05) is 17.6 Å². The Balaban J connectivity index is 2.45. The summed E-state index contributed by atoms with van der Waals surface area (Å²) in [6.07, 6.45) is 0. The minimum atomic E-state index is -0.213. The van der Waals surface area contributed by atoms with E-state index in [0.717, 1.165) is 28.8 Å². The molecule has 106 valence electrons. The topological polar surface area (TPSA) is 12.0 Å². The molecule has 0 saturated carbocycles. The molecular weight excluding hydrogens is 273 g/mol. The third kappa shape index (κ3) is 3.59. The van der Waals surface area contributed by atoms with Crippen LogP contribution < -0.4 is 5.32 Å². The van der Waals surface area contributed by atoms with Gasteiger partial charge in [-0.3, -0.25) is 0 Å². The molecular formula is C17H19ClFN. The van der Waals surface area contributed by atoms with Gasteiger partial charge in [-0.2, -0.15) is 0 Å². The predicted molar refractivity (Wildman–Crippen MR) is 83.6 cm³/mol. The van der Waals surface area contributed by atoms with E-state index in [4.69, 9.17) is 11.6 Å². The molecule has 0 heterocycles. The van der Waals surface area contributed by atoms with Gasteiger partial charge in [0.2, 0.25) is 0 Å². The van der Waals surface area contributed by atoms with E-state index >= 15 is 0 Å². The molecule has 0 amide bonds. The second kappa shape index (κ2) is 6.38. The number of hydrogen-bond acceptors (Lipinski definition) is 1. The van der Waals surface area contributed by atoms with Gasteiger partial charge < -0.3 is 5.32 Å². The fourth-order valence-electron chi connectivity index (χ4n) is 2.20. The number of rotatable bonds is 4. The van der Waals surface area contributed by atoms with E-state index in [9.17, 15) is 4.39 Å². The predicted octanol–water partition coefficient (Wildman–Crippen LogP) is 4.95. The third-order valence-corrected chi connectivity index (χ3v) is 3.49. The molecule has 2 aromatic carbocycles. The lowest BCUT2D eigenvalue weighted by molar-refractivity contribution is 0.589. The first-order valence-electron chi connectivity index (χ1n) is 6.75. The maximum atomic E-state index is 13.3. The lowest BCUT2D eigenvalue weighted by Gasteiger charge is -2.15. The molecule has 0 radical (unpaired) electrons. The molecule has 0 bridgehead atoms. The van der Waals surface area contributed by atoms with Crippen LogP contribution in [-0.2, 0) is 6.54 Å². The molecule has 0 aliphatic rings. The summed E-state index contributed by atoms with van der Waals surface area (Å²) in [6.45, 7) is 6.90. The van der Waals surface area contributed by atoms with Crippen molar-refractivity contribution in [2.24, 2.45) is 0 Å². The zero-order valence-electron chi connectivity index (χ0n) is 12.0. The average molecular weight is 292 g/mol. The van der Waals surface area contributed by atoms with Crippen molar-refractivity contribution in [2.75, 3.05) is 0 Å². The zero-order valence-corrected chi connectivity index (χ0v) is 12.8. The van der Waals surface area contributed by atoms with Gasteiger partial charge in [0.15, 0.2) is 0 Å². The highest BCUT2D eigenvalue weighted by Gasteiger charge is 2.09. The second-order valence-corrected chi connectivity index (χ2v) is 5.73. The summed E-state index contributed by atoms with van der Waals surface area (Å²) in [5, 5.41) is 4.10. The Labute approximate surface area is 124 Å². The van der Waals surface area contributed by atoms with E-state index in [0.29, 0.717) is 11.1 Å². The molecule has 1 nitrogen and oxygen atoms in total. The minimum Gasteiger partial charge on any atom is -0.310 e. The van der Waals surface area contributed by atoms with Crippen molar-refractivity contribution in [1.29, 1.82) is 0 Å². The first kappa shape index (κ1) is 15.0. The van der Waals surface area contributed by atoms with Gasteiger partial charge >= 0.3 is 0 Å². The summed E-state index contributed by atoms with van der Waals surface area (Å²) in [4.78, 5) is 0. The van der Waals surface area contributed by atoms with Crippen LogP contribution in [0.3, 0.4) is 0 Å². The summed E-state index contributed by atoms with van der Waals surface area (Å²) >= 11 is 6.12. The Morgan fingerprint density at radius 3 is 2.50 bits per heavy atom. The van der Waals surface area contributed by atoms with Crippen LogP contribution in [0.4, 0.5) is 4.39 Å². The molecule has 0 atom stereocenters. The van der Waals surface area contributed by atoms with Crippen molar-refractivity contribution in [3.8, 4) is 11.1 Å². The van der Waals surface area contributed by atoms with Crippen LogP contribution in [0, 0.1) is 12.7 Å². The van der Waals surface area contributed by atoms with Gasteiger partial charge in [0.05, 0.1) is 0 Å². The monoisotopic (exact) mass is 291 g/mol. The molecule has 0 spiro atoms. The van der Waals surface area contributed by atoms with Gasteiger partial charge in [-0.05, 0) is 53.4 Å². The maximum Gasteiger partial charge on any atom is 0.123 e. The average Bonchev–Trinajstić information content (AvgIpc) is 2.37. The molecule has 20 heavy (non-hydrogen) atoms. The zero-order chi connectivity index (χ0) is 14.7. The number of nitrogens with one attached hydrogen (secondary N) is 1. The normalized spacial score (nSPS) is 11.1. The summed E-state index contributed by atoms with van der Waals surface area (Å²) in [5.41, 5.74) is 4.16. The number of aryl methyl sites for hydroxylation is 1. The van der Waals surface area contributed by atoms with Crippen LogP contribution in [0.5, 0.6) is 0 Å². The Morgan fingerprint density at radius 2 is 1.85 bits per heavy atom. The van der Waals surface area contributed by atoms with E-state index in [-0.39, 0.29) is 5.82 Å². The highest BCUT2D eigenvalue weighted by molar-refractivity contribution is 6.30. The molecule has 0 aromatic heterocycles. The largest absolute Gasteiger partial charge is 0.310 e. The van der Waals surface area contributed by atoms with Crippen molar-refractivity contribution in [3.63, 3.8) is 0 Å². The van der Waals surface area contributed by atoms with Gasteiger partial charge in [-0.1, -0.05) is 37.6 Å². The number of halogens is 2. The van der Waals surface area contributed by atoms with E-state index in [1.165, 1.54) is 6.07 Å². The fraction of sp³-hybridized carbons (Fsp3) is 0.294. The third-order valence-electron chi connectivity index (χ3n) is 3.25. The molecule has 0 aliphatic carbocycles. The summed E-state index contributed by atoms with van der Waals surface area (Å²) in [5.74, 6) is -0.213. The second-order valence-electron chi connectivity index (χ2n) is 5.30. The lowest BCUT2D eigenvalue weighted by atomic mass is 9.95. The Morgan fingerprint density at radius 1 is 1.10 bits per heavy atom. The summed E-state index contributed by atoms with van der Waals surface area (Å²) in [7, 11) is 0. The molecule has 0 aliphatic heterocycles. The van der Waals surface area contributed by atoms with Crippen LogP contribution in [0.25, 0.3) is 11.1 Å². The molecule has 0 unspecified atom stereocenters. The van der Waals surface area contributed by atoms with Crippen LogP contribution in [0.2, 0.25) is 5.02 Å². The van der Waals surface area contributed by atoms with Crippen molar-refractivity contribution < 1.29 is 4.39 Å². The molecule has 2 aromatic rings. The minimum absolute atomic E-state index is 0.213. The Hall–Kier alpha value is -1.38. The van der Waals surface area contributed by atoms with E-state index in [2.05, 4.69) is 19.2 Å². The van der Waals surface area contributed by atoms with Gasteiger partial charge in [0.1, 0.15) is 5.82 Å². The van der Waals surface area contributed by atoms with Crippen molar-refractivity contribution >= 4 is 11.6 Å². The molecule has 0 saturated heterocycles.